The molecule has 5 atom stereocenters. The minimum absolute atomic E-state index is 0.0394. The zero-order valence-electron chi connectivity index (χ0n) is 21.5. The molecule has 4 heterocycles. The Kier molecular flexibility index (Phi) is 6.66. The lowest BCUT2D eigenvalue weighted by atomic mass is 9.73. The normalized spacial score (nSPS) is 24.6. The van der Waals surface area contributed by atoms with Crippen molar-refractivity contribution >= 4 is 20.9 Å². The number of rotatable bonds is 7. The first-order valence-corrected chi connectivity index (χ1v) is 14.1. The zero-order valence-corrected chi connectivity index (χ0v) is 22.3. The smallest absolute Gasteiger partial charge is 0.241 e. The summed E-state index contributed by atoms with van der Waals surface area (Å²) in [5, 5.41) is 0.907. The van der Waals surface area contributed by atoms with Gasteiger partial charge in [-0.25, -0.2) is 13.1 Å². The molecular weight excluding hydrogens is 470 g/mol. The van der Waals surface area contributed by atoms with Gasteiger partial charge in [0, 0.05) is 24.2 Å². The highest BCUT2D eigenvalue weighted by Crippen LogP contribution is 2.43. The summed E-state index contributed by atoms with van der Waals surface area (Å²) in [5.41, 5.74) is 4.33. The maximum Gasteiger partial charge on any atom is 0.241 e. The lowest BCUT2D eigenvalue weighted by Crippen LogP contribution is -2.57. The molecule has 1 aromatic heterocycles. The van der Waals surface area contributed by atoms with Gasteiger partial charge in [-0.15, -0.1) is 6.58 Å². The summed E-state index contributed by atoms with van der Waals surface area (Å²) in [6, 6.07) is 11.2. The van der Waals surface area contributed by atoms with Crippen molar-refractivity contribution in [3.63, 3.8) is 0 Å². The zero-order chi connectivity index (χ0) is 25.6. The molecule has 3 fully saturated rings. The number of nitrogens with zero attached hydrogens (tertiary/aromatic N) is 2. The molecular formula is C29H35N3O3S. The van der Waals surface area contributed by atoms with Crippen LogP contribution in [0.3, 0.4) is 0 Å². The van der Waals surface area contributed by atoms with Crippen LogP contribution in [-0.2, 0) is 10.0 Å². The molecule has 2 aromatic carbocycles. The van der Waals surface area contributed by atoms with Gasteiger partial charge in [0.05, 0.1) is 23.6 Å². The van der Waals surface area contributed by atoms with Crippen molar-refractivity contribution < 1.29 is 13.2 Å². The van der Waals surface area contributed by atoms with E-state index in [1.165, 1.54) is 0 Å². The predicted octanol–water partition coefficient (Wildman–Crippen LogP) is 5.08. The predicted molar refractivity (Wildman–Crippen MR) is 144 cm³/mol. The lowest BCUT2D eigenvalue weighted by molar-refractivity contribution is 0.00490. The largest absolute Gasteiger partial charge is 0.497 e. The molecule has 1 unspecified atom stereocenters. The Morgan fingerprint density at radius 2 is 1.92 bits per heavy atom. The fourth-order valence-electron chi connectivity index (χ4n) is 6.43. The molecule has 6 nitrogen and oxygen atoms in total. The summed E-state index contributed by atoms with van der Waals surface area (Å²) < 4.78 is 36.7. The Labute approximate surface area is 214 Å². The molecule has 7 heteroatoms. The first-order chi connectivity index (χ1) is 17.2. The minimum Gasteiger partial charge on any atom is -0.497 e. The van der Waals surface area contributed by atoms with Crippen molar-refractivity contribution in [2.75, 3.05) is 20.2 Å². The molecule has 190 valence electrons. The number of hydrogen-bond acceptors (Lipinski definition) is 5. The van der Waals surface area contributed by atoms with Gasteiger partial charge < -0.3 is 4.74 Å². The van der Waals surface area contributed by atoms with Crippen LogP contribution in [0.4, 0.5) is 0 Å². The molecule has 0 amide bonds. The quantitative estimate of drug-likeness (QED) is 0.453. The molecule has 1 N–H and O–H groups in total. The van der Waals surface area contributed by atoms with Gasteiger partial charge in [0.2, 0.25) is 10.0 Å². The van der Waals surface area contributed by atoms with E-state index in [2.05, 4.69) is 27.3 Å². The number of benzene rings is 2. The highest BCUT2D eigenvalue weighted by Gasteiger charge is 2.44. The number of aryl methyl sites for hydroxylation is 3. The van der Waals surface area contributed by atoms with E-state index >= 15 is 0 Å². The minimum atomic E-state index is -3.80. The molecule has 0 saturated carbocycles. The van der Waals surface area contributed by atoms with E-state index in [0.717, 1.165) is 64.8 Å². The van der Waals surface area contributed by atoms with Gasteiger partial charge in [-0.3, -0.25) is 9.88 Å². The Balaban J connectivity index is 1.64. The van der Waals surface area contributed by atoms with E-state index in [0.29, 0.717) is 16.7 Å². The molecule has 0 spiro atoms. The number of nitrogens with one attached hydrogen (secondary N) is 1. The van der Waals surface area contributed by atoms with Crippen LogP contribution in [0.25, 0.3) is 10.9 Å². The summed E-state index contributed by atoms with van der Waals surface area (Å²) in [4.78, 5) is 7.37. The molecule has 0 radical (unpaired) electrons. The molecule has 3 aliphatic rings. The molecule has 3 aromatic rings. The third-order valence-corrected chi connectivity index (χ3v) is 9.76. The second kappa shape index (κ2) is 9.61. The van der Waals surface area contributed by atoms with Crippen molar-refractivity contribution in [1.82, 2.24) is 14.6 Å². The average molecular weight is 506 g/mol. The standard InChI is InChI=1S/C29H35N3O3S/c1-6-21-17-32-12-10-22(21)15-27(32)28(24-9-11-30-26-8-7-23(35-5)16-25(24)26)31-36(33,34)29-19(3)13-18(2)14-20(29)4/h6-9,11,13-14,16,21-22,27-28,31H,1,10,12,15,17H2,2-5H3/t21-,22+,27+,28+/m1/s1. The van der Waals surface area contributed by atoms with E-state index in [1.807, 2.05) is 57.2 Å². The second-order valence-corrected chi connectivity index (χ2v) is 12.0. The van der Waals surface area contributed by atoms with Crippen LogP contribution in [0.1, 0.15) is 41.1 Å². The number of methoxy groups -OCH3 is 1. The van der Waals surface area contributed by atoms with Crippen LogP contribution >= 0.6 is 0 Å². The Hall–Kier alpha value is -2.74. The number of pyridine rings is 1. The Morgan fingerprint density at radius 1 is 1.17 bits per heavy atom. The van der Waals surface area contributed by atoms with Gasteiger partial charge in [-0.05, 0) is 92.9 Å². The van der Waals surface area contributed by atoms with E-state index in [-0.39, 0.29) is 6.04 Å². The second-order valence-electron chi connectivity index (χ2n) is 10.4. The molecule has 3 saturated heterocycles. The fourth-order valence-corrected chi connectivity index (χ4v) is 8.14. The molecule has 3 aliphatic heterocycles. The number of aromatic nitrogens is 1. The van der Waals surface area contributed by atoms with Crippen molar-refractivity contribution in [1.29, 1.82) is 0 Å². The van der Waals surface area contributed by atoms with Gasteiger partial charge in [0.25, 0.3) is 0 Å². The van der Waals surface area contributed by atoms with Crippen LogP contribution in [0.2, 0.25) is 0 Å². The van der Waals surface area contributed by atoms with Crippen molar-refractivity contribution in [3.05, 3.63) is 77.5 Å². The number of sulfonamides is 1. The summed E-state index contributed by atoms with van der Waals surface area (Å²) >= 11 is 0. The summed E-state index contributed by atoms with van der Waals surface area (Å²) in [6.45, 7) is 11.7. The van der Waals surface area contributed by atoms with Crippen LogP contribution in [0, 0.1) is 32.6 Å². The van der Waals surface area contributed by atoms with Crippen molar-refractivity contribution in [2.45, 2.75) is 50.6 Å². The SMILES string of the molecule is C=C[C@@H]1CN2CC[C@H]1C[C@H]2[C@@H](NS(=O)(=O)c1c(C)cc(C)cc1C)c1ccnc2ccc(OC)cc12. The maximum atomic E-state index is 14.0. The number of piperidine rings is 3. The Bertz CT molecular complexity index is 1400. The van der Waals surface area contributed by atoms with Crippen LogP contribution in [0.5, 0.6) is 5.75 Å². The Morgan fingerprint density at radius 3 is 2.56 bits per heavy atom. The molecule has 6 rings (SSSR count). The van der Waals surface area contributed by atoms with Gasteiger partial charge in [0.15, 0.2) is 0 Å². The fraction of sp³-hybridized carbons (Fsp3) is 0.414. The van der Waals surface area contributed by atoms with E-state index < -0.39 is 16.1 Å². The number of ether oxygens (including phenoxy) is 1. The average Bonchev–Trinajstić information content (AvgIpc) is 2.86. The summed E-state index contributed by atoms with van der Waals surface area (Å²) in [5.74, 6) is 1.68. The van der Waals surface area contributed by atoms with Gasteiger partial charge in [-0.1, -0.05) is 23.8 Å². The topological polar surface area (TPSA) is 71.5 Å². The van der Waals surface area contributed by atoms with Gasteiger partial charge in [0.1, 0.15) is 5.75 Å². The molecule has 2 bridgehead atoms. The van der Waals surface area contributed by atoms with E-state index in [4.69, 9.17) is 4.74 Å². The summed E-state index contributed by atoms with van der Waals surface area (Å²) in [6.07, 6.45) is 5.88. The monoisotopic (exact) mass is 505 g/mol. The lowest BCUT2D eigenvalue weighted by Gasteiger charge is -2.51. The highest BCUT2D eigenvalue weighted by atomic mass is 32.2. The maximum absolute atomic E-state index is 14.0. The van der Waals surface area contributed by atoms with Crippen LogP contribution < -0.4 is 9.46 Å². The van der Waals surface area contributed by atoms with Gasteiger partial charge in [-0.2, -0.15) is 0 Å². The van der Waals surface area contributed by atoms with Crippen molar-refractivity contribution in [2.24, 2.45) is 11.8 Å². The van der Waals surface area contributed by atoms with Crippen LogP contribution in [0.15, 0.2) is 60.1 Å². The van der Waals surface area contributed by atoms with E-state index in [1.54, 1.807) is 13.3 Å². The number of fused-ring (bicyclic) bond motifs is 4. The third-order valence-electron chi connectivity index (χ3n) is 8.01. The molecule has 36 heavy (non-hydrogen) atoms. The number of hydrogen-bond donors (Lipinski definition) is 1. The first-order valence-electron chi connectivity index (χ1n) is 12.6. The summed E-state index contributed by atoms with van der Waals surface area (Å²) in [7, 11) is -2.16. The first kappa shape index (κ1) is 24.9. The highest BCUT2D eigenvalue weighted by molar-refractivity contribution is 7.89. The third kappa shape index (κ3) is 4.44. The van der Waals surface area contributed by atoms with E-state index in [9.17, 15) is 8.42 Å². The molecule has 0 aliphatic carbocycles. The van der Waals surface area contributed by atoms with Gasteiger partial charge >= 0.3 is 0 Å². The van der Waals surface area contributed by atoms with Crippen LogP contribution in [-0.4, -0.2) is 44.5 Å². The van der Waals surface area contributed by atoms with Crippen molar-refractivity contribution in [3.8, 4) is 5.75 Å².